The highest BCUT2D eigenvalue weighted by Crippen LogP contribution is 2.21. The molecular formula is C19H32N4O4. The molecular weight excluding hydrogens is 348 g/mol. The Kier molecular flexibility index (Phi) is 6.93. The molecule has 0 aromatic carbocycles. The standard InChI is InChI=1S/C19H32N4O4/c1-27-14-13-21-11-12-23(18(25)17(21)24)16-7-9-22(10-8-16)19(26)20-15-5-3-2-4-6-15/h15-16H,2-14H2,1H3,(H,20,26). The van der Waals surface area contributed by atoms with Gasteiger partial charge >= 0.3 is 17.8 Å². The van der Waals surface area contributed by atoms with Gasteiger partial charge in [0.15, 0.2) is 0 Å². The molecule has 4 amide bonds. The third-order valence-electron chi connectivity index (χ3n) is 6.03. The second-order valence-electron chi connectivity index (χ2n) is 7.79. The summed E-state index contributed by atoms with van der Waals surface area (Å²) in [7, 11) is 1.58. The first-order valence-electron chi connectivity index (χ1n) is 10.2. The molecule has 0 spiro atoms. The molecule has 0 atom stereocenters. The molecule has 0 aromatic rings. The van der Waals surface area contributed by atoms with Gasteiger partial charge in [0.05, 0.1) is 6.61 Å². The Bertz CT molecular complexity index is 542. The predicted molar refractivity (Wildman–Crippen MR) is 100 cm³/mol. The maximum Gasteiger partial charge on any atom is 0.317 e. The van der Waals surface area contributed by atoms with E-state index in [4.69, 9.17) is 4.74 Å². The number of hydrogen-bond acceptors (Lipinski definition) is 4. The molecule has 3 fully saturated rings. The van der Waals surface area contributed by atoms with Crippen LogP contribution in [0.1, 0.15) is 44.9 Å². The number of likely N-dealkylation sites (tertiary alicyclic amines) is 1. The lowest BCUT2D eigenvalue weighted by molar-refractivity contribution is -0.158. The number of piperidine rings is 1. The van der Waals surface area contributed by atoms with Gasteiger partial charge < -0.3 is 24.8 Å². The van der Waals surface area contributed by atoms with Gasteiger partial charge in [-0.3, -0.25) is 9.59 Å². The van der Waals surface area contributed by atoms with Crippen LogP contribution in [0.2, 0.25) is 0 Å². The molecule has 0 bridgehead atoms. The summed E-state index contributed by atoms with van der Waals surface area (Å²) in [4.78, 5) is 42.4. The van der Waals surface area contributed by atoms with Gasteiger partial charge in [0.25, 0.3) is 0 Å². The molecule has 0 radical (unpaired) electrons. The van der Waals surface area contributed by atoms with E-state index in [1.54, 1.807) is 16.9 Å². The first-order chi connectivity index (χ1) is 13.1. The Morgan fingerprint density at radius 3 is 2.37 bits per heavy atom. The van der Waals surface area contributed by atoms with Gasteiger partial charge in [0, 0.05) is 51.9 Å². The van der Waals surface area contributed by atoms with Gasteiger partial charge in [0.1, 0.15) is 0 Å². The molecule has 1 N–H and O–H groups in total. The van der Waals surface area contributed by atoms with Crippen molar-refractivity contribution in [3.63, 3.8) is 0 Å². The van der Waals surface area contributed by atoms with E-state index < -0.39 is 11.8 Å². The van der Waals surface area contributed by atoms with Crippen molar-refractivity contribution in [1.82, 2.24) is 20.0 Å². The van der Waals surface area contributed by atoms with Crippen LogP contribution in [0.5, 0.6) is 0 Å². The lowest BCUT2D eigenvalue weighted by Crippen LogP contribution is -2.60. The van der Waals surface area contributed by atoms with Gasteiger partial charge in [-0.15, -0.1) is 0 Å². The average Bonchev–Trinajstić information content (AvgIpc) is 2.70. The van der Waals surface area contributed by atoms with Gasteiger partial charge in [-0.2, -0.15) is 0 Å². The molecule has 3 aliphatic rings. The van der Waals surface area contributed by atoms with E-state index in [1.807, 2.05) is 4.90 Å². The van der Waals surface area contributed by atoms with Crippen LogP contribution in [0.15, 0.2) is 0 Å². The van der Waals surface area contributed by atoms with Crippen LogP contribution in [0, 0.1) is 0 Å². The molecule has 152 valence electrons. The van der Waals surface area contributed by atoms with Crippen molar-refractivity contribution in [3.05, 3.63) is 0 Å². The lowest BCUT2D eigenvalue weighted by atomic mass is 9.95. The second-order valence-corrected chi connectivity index (χ2v) is 7.79. The van der Waals surface area contributed by atoms with Gasteiger partial charge in [0.2, 0.25) is 0 Å². The monoisotopic (exact) mass is 380 g/mol. The number of ether oxygens (including phenoxy) is 1. The van der Waals surface area contributed by atoms with Crippen molar-refractivity contribution in [1.29, 1.82) is 0 Å². The molecule has 8 heteroatoms. The molecule has 1 saturated carbocycles. The fraction of sp³-hybridized carbons (Fsp3) is 0.842. The fourth-order valence-electron chi connectivity index (χ4n) is 4.35. The van der Waals surface area contributed by atoms with Crippen molar-refractivity contribution >= 4 is 17.8 Å². The Morgan fingerprint density at radius 1 is 1.00 bits per heavy atom. The zero-order valence-electron chi connectivity index (χ0n) is 16.3. The second kappa shape index (κ2) is 9.39. The number of methoxy groups -OCH3 is 1. The van der Waals surface area contributed by atoms with E-state index in [0.717, 1.165) is 25.7 Å². The summed E-state index contributed by atoms with van der Waals surface area (Å²) in [6.45, 7) is 3.27. The van der Waals surface area contributed by atoms with Crippen LogP contribution in [0.4, 0.5) is 4.79 Å². The molecule has 27 heavy (non-hydrogen) atoms. The van der Waals surface area contributed by atoms with E-state index in [9.17, 15) is 14.4 Å². The lowest BCUT2D eigenvalue weighted by Gasteiger charge is -2.42. The molecule has 8 nitrogen and oxygen atoms in total. The van der Waals surface area contributed by atoms with Crippen LogP contribution in [0.3, 0.4) is 0 Å². The highest BCUT2D eigenvalue weighted by molar-refractivity contribution is 6.35. The summed E-state index contributed by atoms with van der Waals surface area (Å²) in [6, 6.07) is 0.375. The summed E-state index contributed by atoms with van der Waals surface area (Å²) in [5, 5.41) is 3.16. The minimum Gasteiger partial charge on any atom is -0.383 e. The van der Waals surface area contributed by atoms with E-state index in [-0.39, 0.29) is 12.1 Å². The van der Waals surface area contributed by atoms with Crippen LogP contribution in [-0.4, -0.2) is 91.1 Å². The summed E-state index contributed by atoms with van der Waals surface area (Å²) in [5.41, 5.74) is 0. The summed E-state index contributed by atoms with van der Waals surface area (Å²) in [6.07, 6.45) is 7.27. The van der Waals surface area contributed by atoms with Crippen molar-refractivity contribution in [2.24, 2.45) is 0 Å². The van der Waals surface area contributed by atoms with Gasteiger partial charge in [-0.25, -0.2) is 4.79 Å². The molecule has 2 heterocycles. The number of nitrogens with zero attached hydrogens (tertiary/aromatic N) is 3. The number of amides is 4. The molecule has 1 aliphatic carbocycles. The predicted octanol–water partition coefficient (Wildman–Crippen LogP) is 0.810. The summed E-state index contributed by atoms with van der Waals surface area (Å²) in [5.74, 6) is -0.849. The summed E-state index contributed by atoms with van der Waals surface area (Å²) < 4.78 is 5.00. The van der Waals surface area contributed by atoms with Gasteiger partial charge in [-0.05, 0) is 25.7 Å². The Hall–Kier alpha value is -1.83. The zero-order valence-corrected chi connectivity index (χ0v) is 16.3. The first kappa shape index (κ1) is 19.9. The largest absolute Gasteiger partial charge is 0.383 e. The normalized spacial score (nSPS) is 23.1. The third kappa shape index (κ3) is 4.91. The van der Waals surface area contributed by atoms with Crippen LogP contribution < -0.4 is 5.32 Å². The molecule has 0 unspecified atom stereocenters. The fourth-order valence-corrected chi connectivity index (χ4v) is 4.35. The highest BCUT2D eigenvalue weighted by Gasteiger charge is 2.37. The number of hydrogen-bond donors (Lipinski definition) is 1. The van der Waals surface area contributed by atoms with Crippen molar-refractivity contribution in [2.75, 3.05) is 46.4 Å². The average molecular weight is 380 g/mol. The third-order valence-corrected chi connectivity index (χ3v) is 6.03. The number of urea groups is 1. The van der Waals surface area contributed by atoms with Crippen LogP contribution in [0.25, 0.3) is 0 Å². The summed E-state index contributed by atoms with van der Waals surface area (Å²) >= 11 is 0. The van der Waals surface area contributed by atoms with Gasteiger partial charge in [-0.1, -0.05) is 19.3 Å². The Labute approximate surface area is 161 Å². The minimum absolute atomic E-state index is 0.0205. The Balaban J connectivity index is 1.45. The van der Waals surface area contributed by atoms with Crippen molar-refractivity contribution < 1.29 is 19.1 Å². The maximum atomic E-state index is 12.5. The quantitative estimate of drug-likeness (QED) is 0.716. The minimum atomic E-state index is -0.434. The topological polar surface area (TPSA) is 82.2 Å². The highest BCUT2D eigenvalue weighted by atomic mass is 16.5. The van der Waals surface area contributed by atoms with E-state index >= 15 is 0 Å². The molecule has 3 rings (SSSR count). The van der Waals surface area contributed by atoms with Crippen molar-refractivity contribution in [3.8, 4) is 0 Å². The number of nitrogens with one attached hydrogen (secondary N) is 1. The molecule has 2 saturated heterocycles. The SMILES string of the molecule is COCCN1CCN(C2CCN(C(=O)NC3CCCCC3)CC2)C(=O)C1=O. The number of carbonyl (C=O) groups excluding carboxylic acids is 3. The van der Waals surface area contributed by atoms with Crippen LogP contribution >= 0.6 is 0 Å². The van der Waals surface area contributed by atoms with E-state index in [2.05, 4.69) is 5.32 Å². The number of piperazine rings is 1. The van der Waals surface area contributed by atoms with E-state index in [1.165, 1.54) is 19.3 Å². The van der Waals surface area contributed by atoms with E-state index in [0.29, 0.717) is 45.4 Å². The maximum absolute atomic E-state index is 12.5. The number of carbonyl (C=O) groups is 3. The van der Waals surface area contributed by atoms with Crippen molar-refractivity contribution in [2.45, 2.75) is 57.0 Å². The molecule has 2 aliphatic heterocycles. The number of rotatable bonds is 5. The Morgan fingerprint density at radius 2 is 1.70 bits per heavy atom. The zero-order chi connectivity index (χ0) is 19.2. The van der Waals surface area contributed by atoms with Crippen LogP contribution in [-0.2, 0) is 14.3 Å². The molecule has 0 aromatic heterocycles. The first-order valence-corrected chi connectivity index (χ1v) is 10.2. The smallest absolute Gasteiger partial charge is 0.317 e.